The SMILES string of the molecule is CC(=O)O[C@@]12C[C@@H](OC1=O)C(=CCCO[Si](C)(C)C(C)(C)C)[C@H](O[Si](C)(C)C(C)(C)C)C2. The van der Waals surface area contributed by atoms with Gasteiger partial charge in [0, 0.05) is 26.4 Å². The highest BCUT2D eigenvalue weighted by molar-refractivity contribution is 6.74. The van der Waals surface area contributed by atoms with Gasteiger partial charge in [-0.15, -0.1) is 0 Å². The lowest BCUT2D eigenvalue weighted by Gasteiger charge is -2.43. The molecule has 3 atom stereocenters. The number of hydrogen-bond acceptors (Lipinski definition) is 6. The Balaban J connectivity index is 2.27. The van der Waals surface area contributed by atoms with E-state index in [0.29, 0.717) is 19.4 Å². The Morgan fingerprint density at radius 2 is 1.62 bits per heavy atom. The highest BCUT2D eigenvalue weighted by atomic mass is 28.4. The molecule has 2 aliphatic rings. The number of esters is 2. The molecule has 0 N–H and O–H groups in total. The summed E-state index contributed by atoms with van der Waals surface area (Å²) in [5.74, 6) is -0.925. The fraction of sp³-hybridized carbons (Fsp3) is 0.833. The van der Waals surface area contributed by atoms with Crippen molar-refractivity contribution >= 4 is 28.6 Å². The summed E-state index contributed by atoms with van der Waals surface area (Å²) in [6.45, 7) is 24.1. The topological polar surface area (TPSA) is 71.1 Å². The van der Waals surface area contributed by atoms with E-state index in [9.17, 15) is 9.59 Å². The molecular formula is C24H44O6Si2. The minimum Gasteiger partial charge on any atom is -0.455 e. The Kier molecular flexibility index (Phi) is 7.67. The Morgan fingerprint density at radius 1 is 1.06 bits per heavy atom. The normalized spacial score (nSPS) is 28.1. The standard InChI is InChI=1S/C24H44O6Si2/c1-17(25)29-24-15-19(28-21(24)26)18(13-12-14-27-31(8,9)22(2,3)4)20(16-24)30-32(10,11)23(5,6)7/h13,19-20H,12,14-16H2,1-11H3/t19-,20-,24-/m1/s1. The van der Waals surface area contributed by atoms with Crippen LogP contribution in [0, 0.1) is 0 Å². The highest BCUT2D eigenvalue weighted by Gasteiger charge is 2.60. The monoisotopic (exact) mass is 484 g/mol. The van der Waals surface area contributed by atoms with Gasteiger partial charge < -0.3 is 18.3 Å². The zero-order chi connectivity index (χ0) is 24.8. The average Bonchev–Trinajstić information content (AvgIpc) is 2.82. The zero-order valence-electron chi connectivity index (χ0n) is 22.0. The predicted octanol–water partition coefficient (Wildman–Crippen LogP) is 5.74. The molecule has 2 fully saturated rings. The average molecular weight is 485 g/mol. The number of carbonyl (C=O) groups is 2. The minimum absolute atomic E-state index is 0.0134. The second-order valence-electron chi connectivity index (χ2n) is 12.4. The maximum absolute atomic E-state index is 12.7. The van der Waals surface area contributed by atoms with Crippen LogP contribution < -0.4 is 0 Å². The van der Waals surface area contributed by atoms with Gasteiger partial charge in [0.25, 0.3) is 0 Å². The van der Waals surface area contributed by atoms with E-state index in [2.05, 4.69) is 73.8 Å². The smallest absolute Gasteiger partial charge is 0.351 e. The van der Waals surface area contributed by atoms with Crippen LogP contribution in [0.3, 0.4) is 0 Å². The lowest BCUT2D eigenvalue weighted by atomic mass is 9.80. The third-order valence-corrected chi connectivity index (χ3v) is 16.8. The van der Waals surface area contributed by atoms with Gasteiger partial charge in [0.1, 0.15) is 6.10 Å². The summed E-state index contributed by atoms with van der Waals surface area (Å²) in [5.41, 5.74) is -0.249. The van der Waals surface area contributed by atoms with E-state index >= 15 is 0 Å². The van der Waals surface area contributed by atoms with E-state index in [4.69, 9.17) is 18.3 Å². The van der Waals surface area contributed by atoms with Gasteiger partial charge in [-0.25, -0.2) is 4.79 Å². The van der Waals surface area contributed by atoms with Crippen molar-refractivity contribution in [3.63, 3.8) is 0 Å². The van der Waals surface area contributed by atoms with Crippen molar-refractivity contribution in [3.8, 4) is 0 Å². The number of fused-ring (bicyclic) bond motifs is 2. The molecule has 0 aromatic rings. The second kappa shape index (κ2) is 9.00. The zero-order valence-corrected chi connectivity index (χ0v) is 24.0. The molecule has 6 nitrogen and oxygen atoms in total. The number of hydrogen-bond donors (Lipinski definition) is 0. The number of carbonyl (C=O) groups excluding carboxylic acids is 2. The van der Waals surface area contributed by atoms with Crippen molar-refractivity contribution in [1.29, 1.82) is 0 Å². The van der Waals surface area contributed by atoms with Crippen LogP contribution in [0.2, 0.25) is 36.3 Å². The van der Waals surface area contributed by atoms with Crippen molar-refractivity contribution < 1.29 is 27.9 Å². The Labute approximate surface area is 196 Å². The largest absolute Gasteiger partial charge is 0.455 e. The molecule has 2 bridgehead atoms. The third-order valence-electron chi connectivity index (χ3n) is 7.74. The molecule has 1 aliphatic heterocycles. The van der Waals surface area contributed by atoms with Crippen LogP contribution in [0.1, 0.15) is 67.7 Å². The van der Waals surface area contributed by atoms with Crippen LogP contribution in [0.15, 0.2) is 11.6 Å². The van der Waals surface area contributed by atoms with E-state index in [1.54, 1.807) is 0 Å². The highest BCUT2D eigenvalue weighted by Crippen LogP contribution is 2.47. The van der Waals surface area contributed by atoms with Crippen LogP contribution in [-0.2, 0) is 27.9 Å². The van der Waals surface area contributed by atoms with Crippen LogP contribution >= 0.6 is 0 Å². The third kappa shape index (κ3) is 5.74. The molecule has 0 unspecified atom stereocenters. The maximum atomic E-state index is 12.7. The lowest BCUT2D eigenvalue weighted by molar-refractivity contribution is -0.172. The second-order valence-corrected chi connectivity index (χ2v) is 21.9. The summed E-state index contributed by atoms with van der Waals surface area (Å²) in [6, 6.07) is 0. The molecule has 1 saturated carbocycles. The molecule has 0 radical (unpaired) electrons. The molecular weight excluding hydrogens is 440 g/mol. The first-order valence-corrected chi connectivity index (χ1v) is 17.6. The van der Waals surface area contributed by atoms with Crippen LogP contribution in [-0.4, -0.2) is 53.0 Å². The first kappa shape index (κ1) is 27.3. The lowest BCUT2D eigenvalue weighted by Crippen LogP contribution is -2.51. The summed E-state index contributed by atoms with van der Waals surface area (Å²) in [6.07, 6.45) is 2.80. The van der Waals surface area contributed by atoms with E-state index in [1.165, 1.54) is 6.92 Å². The molecule has 184 valence electrons. The van der Waals surface area contributed by atoms with Crippen LogP contribution in [0.5, 0.6) is 0 Å². The Morgan fingerprint density at radius 3 is 2.12 bits per heavy atom. The molecule has 1 aliphatic carbocycles. The van der Waals surface area contributed by atoms with Crippen molar-refractivity contribution in [2.75, 3.05) is 6.61 Å². The van der Waals surface area contributed by atoms with Gasteiger partial charge in [0.15, 0.2) is 16.6 Å². The molecule has 0 amide bonds. The fourth-order valence-electron chi connectivity index (χ4n) is 3.70. The van der Waals surface area contributed by atoms with Gasteiger partial charge in [-0.05, 0) is 48.3 Å². The predicted molar refractivity (Wildman–Crippen MR) is 132 cm³/mol. The van der Waals surface area contributed by atoms with E-state index in [-0.39, 0.29) is 16.2 Å². The van der Waals surface area contributed by atoms with E-state index < -0.39 is 40.3 Å². The Bertz CT molecular complexity index is 759. The summed E-state index contributed by atoms with van der Waals surface area (Å²) in [7, 11) is -3.96. The van der Waals surface area contributed by atoms with Crippen molar-refractivity contribution in [2.45, 2.75) is 122 Å². The summed E-state index contributed by atoms with van der Waals surface area (Å²) in [4.78, 5) is 24.5. The number of ether oxygens (including phenoxy) is 2. The summed E-state index contributed by atoms with van der Waals surface area (Å²) < 4.78 is 24.3. The van der Waals surface area contributed by atoms with E-state index in [0.717, 1.165) is 12.0 Å². The number of rotatable bonds is 7. The van der Waals surface area contributed by atoms with Crippen LogP contribution in [0.4, 0.5) is 0 Å². The van der Waals surface area contributed by atoms with Crippen LogP contribution in [0.25, 0.3) is 0 Å². The molecule has 0 aromatic carbocycles. The molecule has 8 heteroatoms. The van der Waals surface area contributed by atoms with Crippen molar-refractivity contribution in [3.05, 3.63) is 11.6 Å². The summed E-state index contributed by atoms with van der Waals surface area (Å²) >= 11 is 0. The van der Waals surface area contributed by atoms with Gasteiger partial charge in [-0.2, -0.15) is 0 Å². The molecule has 0 aromatic heterocycles. The molecule has 2 rings (SSSR count). The molecule has 1 heterocycles. The summed E-state index contributed by atoms with van der Waals surface area (Å²) in [5, 5.41) is 0.170. The van der Waals surface area contributed by atoms with Gasteiger partial charge in [0.05, 0.1) is 6.10 Å². The fourth-order valence-corrected chi connectivity index (χ4v) is 6.05. The van der Waals surface area contributed by atoms with Gasteiger partial charge in [-0.3, -0.25) is 4.79 Å². The molecule has 0 spiro atoms. The first-order chi connectivity index (χ1) is 14.3. The maximum Gasteiger partial charge on any atom is 0.351 e. The Hall–Kier alpha value is -0.966. The van der Waals surface area contributed by atoms with E-state index in [1.807, 2.05) is 0 Å². The molecule has 1 saturated heterocycles. The van der Waals surface area contributed by atoms with Crippen molar-refractivity contribution in [2.24, 2.45) is 0 Å². The van der Waals surface area contributed by atoms with Gasteiger partial charge in [0.2, 0.25) is 5.60 Å². The molecule has 32 heavy (non-hydrogen) atoms. The quantitative estimate of drug-likeness (QED) is 0.199. The van der Waals surface area contributed by atoms with Gasteiger partial charge in [-0.1, -0.05) is 47.6 Å². The first-order valence-electron chi connectivity index (χ1n) is 11.7. The minimum atomic E-state index is -2.14. The van der Waals surface area contributed by atoms with Crippen molar-refractivity contribution in [1.82, 2.24) is 0 Å². The van der Waals surface area contributed by atoms with Gasteiger partial charge >= 0.3 is 11.9 Å².